The van der Waals surface area contributed by atoms with Crippen LogP contribution < -0.4 is 10.6 Å². The van der Waals surface area contributed by atoms with Gasteiger partial charge < -0.3 is 10.6 Å². The first-order valence-electron chi connectivity index (χ1n) is 7.05. The van der Waals surface area contributed by atoms with Gasteiger partial charge in [0.25, 0.3) is 0 Å². The molecule has 0 amide bonds. The van der Waals surface area contributed by atoms with E-state index in [1.807, 2.05) is 30.0 Å². The van der Waals surface area contributed by atoms with E-state index >= 15 is 0 Å². The molecule has 1 aromatic rings. The smallest absolute Gasteiger partial charge is 0.190 e. The molecule has 21 heavy (non-hydrogen) atoms. The summed E-state index contributed by atoms with van der Waals surface area (Å²) in [5, 5.41) is 8.01. The monoisotopic (exact) mass is 347 g/mol. The van der Waals surface area contributed by atoms with Crippen LogP contribution in [0, 0.1) is 0 Å². The molecule has 0 aliphatic rings. The Balaban J connectivity index is 2.29. The number of unbranched alkanes of at least 4 members (excludes halogenated alkanes) is 1. The summed E-state index contributed by atoms with van der Waals surface area (Å²) in [5.74, 6) is 2.03. The van der Waals surface area contributed by atoms with Crippen molar-refractivity contribution < 1.29 is 0 Å². The second-order valence-electron chi connectivity index (χ2n) is 4.58. The number of hydrogen-bond donors (Lipinski definition) is 2. The zero-order valence-corrected chi connectivity index (χ0v) is 14.9. The number of benzene rings is 1. The maximum Gasteiger partial charge on any atom is 0.190 e. The second-order valence-corrected chi connectivity index (χ2v) is 6.38. The molecule has 6 heteroatoms. The maximum absolute atomic E-state index is 6.15. The SMILES string of the molecule is CN=C(NCCCCSC)NCCc1c(Cl)cccc1Cl. The van der Waals surface area contributed by atoms with Gasteiger partial charge in [-0.2, -0.15) is 11.8 Å². The highest BCUT2D eigenvalue weighted by Crippen LogP contribution is 2.24. The highest BCUT2D eigenvalue weighted by molar-refractivity contribution is 7.98. The molecule has 0 radical (unpaired) electrons. The summed E-state index contributed by atoms with van der Waals surface area (Å²) in [6.07, 6.45) is 5.28. The predicted molar refractivity (Wildman–Crippen MR) is 97.1 cm³/mol. The Kier molecular flexibility index (Phi) is 9.72. The van der Waals surface area contributed by atoms with Crippen LogP contribution in [-0.2, 0) is 6.42 Å². The lowest BCUT2D eigenvalue weighted by atomic mass is 10.1. The molecule has 0 heterocycles. The molecule has 0 saturated heterocycles. The number of halogens is 2. The lowest BCUT2D eigenvalue weighted by Crippen LogP contribution is -2.38. The van der Waals surface area contributed by atoms with Crippen molar-refractivity contribution in [3.8, 4) is 0 Å². The summed E-state index contributed by atoms with van der Waals surface area (Å²) < 4.78 is 0. The number of hydrogen-bond acceptors (Lipinski definition) is 2. The predicted octanol–water partition coefficient (Wildman–Crippen LogP) is 3.84. The molecule has 0 fully saturated rings. The quantitative estimate of drug-likeness (QED) is 0.426. The first-order valence-corrected chi connectivity index (χ1v) is 9.20. The molecule has 3 nitrogen and oxygen atoms in total. The number of nitrogens with one attached hydrogen (secondary N) is 2. The Bertz CT molecular complexity index is 432. The van der Waals surface area contributed by atoms with Crippen LogP contribution in [0.1, 0.15) is 18.4 Å². The van der Waals surface area contributed by atoms with Crippen LogP contribution in [0.3, 0.4) is 0 Å². The van der Waals surface area contributed by atoms with Gasteiger partial charge in [0.1, 0.15) is 0 Å². The Labute approximate surface area is 141 Å². The van der Waals surface area contributed by atoms with Crippen molar-refractivity contribution in [2.75, 3.05) is 32.1 Å². The van der Waals surface area contributed by atoms with Gasteiger partial charge in [-0.25, -0.2) is 0 Å². The fourth-order valence-corrected chi connectivity index (χ4v) is 2.96. The zero-order chi connectivity index (χ0) is 15.5. The van der Waals surface area contributed by atoms with Crippen LogP contribution in [0.2, 0.25) is 10.0 Å². The third-order valence-electron chi connectivity index (χ3n) is 3.02. The van der Waals surface area contributed by atoms with Gasteiger partial charge in [-0.3, -0.25) is 4.99 Å². The molecule has 0 bridgehead atoms. The molecule has 2 N–H and O–H groups in total. The topological polar surface area (TPSA) is 36.4 Å². The second kappa shape index (κ2) is 11.0. The lowest BCUT2D eigenvalue weighted by Gasteiger charge is -2.12. The largest absolute Gasteiger partial charge is 0.356 e. The van der Waals surface area contributed by atoms with E-state index in [1.54, 1.807) is 7.05 Å². The van der Waals surface area contributed by atoms with Crippen LogP contribution in [0.25, 0.3) is 0 Å². The minimum Gasteiger partial charge on any atom is -0.356 e. The van der Waals surface area contributed by atoms with Crippen LogP contribution in [0.5, 0.6) is 0 Å². The molecule has 0 saturated carbocycles. The number of rotatable bonds is 8. The summed E-state index contributed by atoms with van der Waals surface area (Å²) in [6, 6.07) is 5.58. The number of thioether (sulfide) groups is 1. The summed E-state index contributed by atoms with van der Waals surface area (Å²) in [7, 11) is 1.78. The molecular weight excluding hydrogens is 325 g/mol. The fraction of sp³-hybridized carbons (Fsp3) is 0.533. The van der Waals surface area contributed by atoms with E-state index in [-0.39, 0.29) is 0 Å². The summed E-state index contributed by atoms with van der Waals surface area (Å²) in [4.78, 5) is 4.21. The van der Waals surface area contributed by atoms with Gasteiger partial charge in [0, 0.05) is 30.2 Å². The van der Waals surface area contributed by atoms with Crippen molar-refractivity contribution in [2.24, 2.45) is 4.99 Å². The van der Waals surface area contributed by atoms with Crippen molar-refractivity contribution in [1.82, 2.24) is 10.6 Å². The molecule has 1 aromatic carbocycles. The summed E-state index contributed by atoms with van der Waals surface area (Å²) in [5.41, 5.74) is 0.976. The molecule has 0 spiro atoms. The minimum absolute atomic E-state index is 0.712. The molecule has 0 aliphatic heterocycles. The first kappa shape index (κ1) is 18.5. The van der Waals surface area contributed by atoms with E-state index in [9.17, 15) is 0 Å². The Morgan fingerprint density at radius 3 is 2.43 bits per heavy atom. The van der Waals surface area contributed by atoms with Crippen molar-refractivity contribution >= 4 is 40.9 Å². The zero-order valence-electron chi connectivity index (χ0n) is 12.6. The van der Waals surface area contributed by atoms with E-state index in [2.05, 4.69) is 21.9 Å². The van der Waals surface area contributed by atoms with Crippen molar-refractivity contribution in [2.45, 2.75) is 19.3 Å². The van der Waals surface area contributed by atoms with Gasteiger partial charge >= 0.3 is 0 Å². The maximum atomic E-state index is 6.15. The number of guanidine groups is 1. The van der Waals surface area contributed by atoms with Gasteiger partial charge in [0.15, 0.2) is 5.96 Å². The third kappa shape index (κ3) is 7.30. The molecule has 0 aromatic heterocycles. The van der Waals surface area contributed by atoms with Crippen LogP contribution in [0.4, 0.5) is 0 Å². The van der Waals surface area contributed by atoms with Gasteiger partial charge in [0.2, 0.25) is 0 Å². The Morgan fingerprint density at radius 2 is 1.81 bits per heavy atom. The summed E-state index contributed by atoms with van der Waals surface area (Å²) >= 11 is 14.2. The Hall–Kier alpha value is -0.580. The average molecular weight is 348 g/mol. The molecule has 0 unspecified atom stereocenters. The van der Waals surface area contributed by atoms with E-state index in [0.717, 1.165) is 37.5 Å². The molecule has 118 valence electrons. The standard InChI is InChI=1S/C15H23Cl2N3S/c1-18-15(19-9-3-4-11-21-2)20-10-8-12-13(16)6-5-7-14(12)17/h5-7H,3-4,8-11H2,1-2H3,(H2,18,19,20). The molecular formula is C15H23Cl2N3S. The number of nitrogens with zero attached hydrogens (tertiary/aromatic N) is 1. The van der Waals surface area contributed by atoms with E-state index in [0.29, 0.717) is 10.0 Å². The first-order chi connectivity index (χ1) is 10.2. The lowest BCUT2D eigenvalue weighted by molar-refractivity contribution is 0.730. The van der Waals surface area contributed by atoms with Crippen molar-refractivity contribution in [1.29, 1.82) is 0 Å². The van der Waals surface area contributed by atoms with E-state index in [1.165, 1.54) is 12.2 Å². The van der Waals surface area contributed by atoms with Gasteiger partial charge in [-0.1, -0.05) is 29.3 Å². The van der Waals surface area contributed by atoms with Crippen LogP contribution in [-0.4, -0.2) is 38.1 Å². The normalized spacial score (nSPS) is 11.5. The molecule has 1 rings (SSSR count). The highest BCUT2D eigenvalue weighted by atomic mass is 35.5. The van der Waals surface area contributed by atoms with E-state index < -0.39 is 0 Å². The highest BCUT2D eigenvalue weighted by Gasteiger charge is 2.05. The van der Waals surface area contributed by atoms with Gasteiger partial charge in [-0.05, 0) is 49.0 Å². The van der Waals surface area contributed by atoms with Crippen molar-refractivity contribution in [3.05, 3.63) is 33.8 Å². The summed E-state index contributed by atoms with van der Waals surface area (Å²) in [6.45, 7) is 1.68. The van der Waals surface area contributed by atoms with Crippen LogP contribution in [0.15, 0.2) is 23.2 Å². The van der Waals surface area contributed by atoms with E-state index in [4.69, 9.17) is 23.2 Å². The van der Waals surface area contributed by atoms with Crippen LogP contribution >= 0.6 is 35.0 Å². The average Bonchev–Trinajstić information content (AvgIpc) is 2.48. The fourth-order valence-electron chi connectivity index (χ4n) is 1.88. The Morgan fingerprint density at radius 1 is 1.14 bits per heavy atom. The molecule has 0 aliphatic carbocycles. The third-order valence-corrected chi connectivity index (χ3v) is 4.43. The van der Waals surface area contributed by atoms with Gasteiger partial charge in [0.05, 0.1) is 0 Å². The van der Waals surface area contributed by atoms with Gasteiger partial charge in [-0.15, -0.1) is 0 Å². The number of aliphatic imine (C=N–C) groups is 1. The minimum atomic E-state index is 0.712. The molecule has 0 atom stereocenters. The van der Waals surface area contributed by atoms with Crippen molar-refractivity contribution in [3.63, 3.8) is 0 Å².